The average Bonchev–Trinajstić information content (AvgIpc) is 3.77. The lowest BCUT2D eigenvalue weighted by atomic mass is 10.0. The SMILES string of the molecule is COc1cc(OCc2csc(-c3ccc(C(=O)NC(CO)C(C)C)cc3)n2)c2sc(-c3cn4nc(C)sc4n3)nc2c1. The van der Waals surface area contributed by atoms with Crippen LogP contribution in [-0.2, 0) is 6.61 Å². The van der Waals surface area contributed by atoms with Crippen LogP contribution in [0.15, 0.2) is 48.0 Å². The molecule has 0 aliphatic heterocycles. The minimum Gasteiger partial charge on any atom is -0.497 e. The van der Waals surface area contributed by atoms with Gasteiger partial charge in [0.1, 0.15) is 38.8 Å². The first-order chi connectivity index (χ1) is 20.3. The van der Waals surface area contributed by atoms with E-state index in [0.29, 0.717) is 17.1 Å². The Morgan fingerprint density at radius 2 is 1.90 bits per heavy atom. The van der Waals surface area contributed by atoms with Crippen molar-refractivity contribution in [1.29, 1.82) is 0 Å². The summed E-state index contributed by atoms with van der Waals surface area (Å²) in [5.74, 6) is 1.24. The summed E-state index contributed by atoms with van der Waals surface area (Å²) >= 11 is 4.56. The van der Waals surface area contributed by atoms with E-state index in [2.05, 4.69) is 15.4 Å². The molecule has 0 saturated carbocycles. The number of aryl methyl sites for hydroxylation is 1. The van der Waals surface area contributed by atoms with Gasteiger partial charge in [0.05, 0.1) is 41.9 Å². The third-order valence-electron chi connectivity index (χ3n) is 6.67. The van der Waals surface area contributed by atoms with Gasteiger partial charge in [0.25, 0.3) is 5.91 Å². The molecule has 0 spiro atoms. The Morgan fingerprint density at radius 1 is 1.10 bits per heavy atom. The molecule has 10 nitrogen and oxygen atoms in total. The second-order valence-corrected chi connectivity index (χ2v) is 13.0. The molecule has 1 atom stereocenters. The lowest BCUT2D eigenvalue weighted by molar-refractivity contribution is 0.0897. The smallest absolute Gasteiger partial charge is 0.251 e. The number of rotatable bonds is 10. The van der Waals surface area contributed by atoms with Gasteiger partial charge in [0.15, 0.2) is 0 Å². The van der Waals surface area contributed by atoms with Crippen LogP contribution in [0.5, 0.6) is 11.5 Å². The van der Waals surface area contributed by atoms with Crippen molar-refractivity contribution in [2.24, 2.45) is 5.92 Å². The highest BCUT2D eigenvalue weighted by Gasteiger charge is 2.18. The van der Waals surface area contributed by atoms with Gasteiger partial charge in [0, 0.05) is 28.6 Å². The molecule has 42 heavy (non-hydrogen) atoms. The van der Waals surface area contributed by atoms with Crippen LogP contribution in [0.2, 0.25) is 0 Å². The summed E-state index contributed by atoms with van der Waals surface area (Å²) in [6.07, 6.45) is 1.89. The zero-order valence-corrected chi connectivity index (χ0v) is 25.8. The number of ether oxygens (including phenoxy) is 2. The molecule has 1 unspecified atom stereocenters. The number of amides is 1. The van der Waals surface area contributed by atoms with Gasteiger partial charge in [-0.25, -0.2) is 19.5 Å². The van der Waals surface area contributed by atoms with Gasteiger partial charge >= 0.3 is 0 Å². The Morgan fingerprint density at radius 3 is 2.62 bits per heavy atom. The fourth-order valence-electron chi connectivity index (χ4n) is 4.31. The first-order valence-corrected chi connectivity index (χ1v) is 15.7. The van der Waals surface area contributed by atoms with Crippen molar-refractivity contribution in [3.63, 3.8) is 0 Å². The number of fused-ring (bicyclic) bond motifs is 2. The Balaban J connectivity index is 1.17. The molecule has 6 rings (SSSR count). The molecule has 216 valence electrons. The standard InChI is InChI=1S/C29H28N6O4S3/c1-15(2)23(12-36)31-26(37)17-5-7-18(8-6-17)27-30-19(14-40-27)13-39-24-10-20(38-4)9-21-25(24)42-28(32-21)22-11-35-29(33-22)41-16(3)34-35/h5-11,14-15,23,36H,12-13H2,1-4H3,(H,31,37). The number of nitrogens with zero attached hydrogens (tertiary/aromatic N) is 5. The van der Waals surface area contributed by atoms with E-state index in [0.717, 1.165) is 47.2 Å². The Hall–Kier alpha value is -3.91. The van der Waals surface area contributed by atoms with E-state index < -0.39 is 0 Å². The summed E-state index contributed by atoms with van der Waals surface area (Å²) in [4.78, 5) is 27.7. The van der Waals surface area contributed by atoms with E-state index >= 15 is 0 Å². The minimum absolute atomic E-state index is 0.0996. The summed E-state index contributed by atoms with van der Waals surface area (Å²) < 4.78 is 14.4. The van der Waals surface area contributed by atoms with Gasteiger partial charge in [-0.3, -0.25) is 4.79 Å². The molecule has 13 heteroatoms. The molecular formula is C29H28N6O4S3. The van der Waals surface area contributed by atoms with E-state index in [4.69, 9.17) is 19.4 Å². The number of nitrogens with one attached hydrogen (secondary N) is 1. The van der Waals surface area contributed by atoms with Crippen LogP contribution in [0.4, 0.5) is 0 Å². The van der Waals surface area contributed by atoms with Crippen molar-refractivity contribution in [2.45, 2.75) is 33.4 Å². The largest absolute Gasteiger partial charge is 0.497 e. The summed E-state index contributed by atoms with van der Waals surface area (Å²) in [6.45, 7) is 6.05. The maximum absolute atomic E-state index is 12.6. The molecule has 0 aliphatic carbocycles. The van der Waals surface area contributed by atoms with Gasteiger partial charge in [-0.05, 0) is 25.0 Å². The molecule has 1 amide bonds. The Bertz CT molecular complexity index is 1840. The lowest BCUT2D eigenvalue weighted by Crippen LogP contribution is -2.41. The van der Waals surface area contributed by atoms with E-state index in [1.54, 1.807) is 23.8 Å². The van der Waals surface area contributed by atoms with Crippen molar-refractivity contribution in [3.8, 4) is 32.8 Å². The number of methoxy groups -OCH3 is 1. The van der Waals surface area contributed by atoms with Crippen LogP contribution in [0.1, 0.15) is 34.9 Å². The summed E-state index contributed by atoms with van der Waals surface area (Å²) in [7, 11) is 1.62. The molecular weight excluding hydrogens is 593 g/mol. The number of aliphatic hydroxyl groups is 1. The van der Waals surface area contributed by atoms with Gasteiger partial charge in [-0.15, -0.1) is 22.7 Å². The van der Waals surface area contributed by atoms with Crippen LogP contribution >= 0.6 is 34.0 Å². The zero-order valence-electron chi connectivity index (χ0n) is 23.3. The van der Waals surface area contributed by atoms with E-state index in [1.165, 1.54) is 34.0 Å². The normalized spacial score (nSPS) is 12.3. The third-order valence-corrected chi connectivity index (χ3v) is 9.55. The fraction of sp³-hybridized carbons (Fsp3) is 0.276. The first-order valence-electron chi connectivity index (χ1n) is 13.2. The van der Waals surface area contributed by atoms with Crippen molar-refractivity contribution in [2.75, 3.05) is 13.7 Å². The monoisotopic (exact) mass is 620 g/mol. The molecule has 2 aromatic carbocycles. The van der Waals surface area contributed by atoms with Crippen molar-refractivity contribution in [1.82, 2.24) is 29.9 Å². The van der Waals surface area contributed by atoms with Crippen molar-refractivity contribution < 1.29 is 19.4 Å². The molecule has 6 aromatic rings. The summed E-state index contributed by atoms with van der Waals surface area (Å²) in [5, 5.41) is 21.4. The summed E-state index contributed by atoms with van der Waals surface area (Å²) in [6, 6.07) is 10.8. The first kappa shape index (κ1) is 28.2. The number of hydrogen-bond acceptors (Lipinski definition) is 11. The maximum atomic E-state index is 12.6. The van der Waals surface area contributed by atoms with Crippen LogP contribution in [0.25, 0.3) is 36.5 Å². The van der Waals surface area contributed by atoms with E-state index in [-0.39, 0.29) is 31.1 Å². The van der Waals surface area contributed by atoms with Crippen LogP contribution < -0.4 is 14.8 Å². The minimum atomic E-state index is -0.286. The average molecular weight is 621 g/mol. The quantitative estimate of drug-likeness (QED) is 0.196. The number of imidazole rings is 1. The highest BCUT2D eigenvalue weighted by molar-refractivity contribution is 7.22. The molecule has 0 saturated heterocycles. The molecule has 4 aromatic heterocycles. The highest BCUT2D eigenvalue weighted by atomic mass is 32.1. The lowest BCUT2D eigenvalue weighted by Gasteiger charge is -2.19. The van der Waals surface area contributed by atoms with Gasteiger partial charge < -0.3 is 19.9 Å². The fourth-order valence-corrected chi connectivity index (χ4v) is 6.81. The number of benzene rings is 2. The predicted octanol–water partition coefficient (Wildman–Crippen LogP) is 5.83. The number of aromatic nitrogens is 5. The highest BCUT2D eigenvalue weighted by Crippen LogP contribution is 2.39. The van der Waals surface area contributed by atoms with Gasteiger partial charge in [0.2, 0.25) is 4.96 Å². The predicted molar refractivity (Wildman–Crippen MR) is 166 cm³/mol. The number of aliphatic hydroxyl groups excluding tert-OH is 1. The van der Waals surface area contributed by atoms with Crippen LogP contribution in [0.3, 0.4) is 0 Å². The molecule has 2 N–H and O–H groups in total. The van der Waals surface area contributed by atoms with E-state index in [9.17, 15) is 9.90 Å². The molecule has 4 heterocycles. The van der Waals surface area contributed by atoms with Gasteiger partial charge in [-0.2, -0.15) is 5.10 Å². The van der Waals surface area contributed by atoms with Crippen LogP contribution in [0, 0.1) is 12.8 Å². The van der Waals surface area contributed by atoms with E-state index in [1.807, 2.05) is 56.6 Å². The molecule has 0 bridgehead atoms. The topological polar surface area (TPSA) is 124 Å². The zero-order chi connectivity index (χ0) is 29.4. The Kier molecular flexibility index (Phi) is 7.90. The molecule has 0 fully saturated rings. The van der Waals surface area contributed by atoms with Crippen molar-refractivity contribution in [3.05, 3.63) is 64.2 Å². The molecule has 0 aliphatic rings. The van der Waals surface area contributed by atoms with Crippen molar-refractivity contribution >= 4 is 55.1 Å². The second kappa shape index (κ2) is 11.8. The Labute approximate surface area is 253 Å². The third kappa shape index (κ3) is 5.73. The van der Waals surface area contributed by atoms with Gasteiger partial charge in [-0.1, -0.05) is 37.3 Å². The van der Waals surface area contributed by atoms with Crippen LogP contribution in [-0.4, -0.2) is 55.3 Å². The number of carbonyl (C=O) groups is 1. The number of hydrogen-bond donors (Lipinski definition) is 2. The molecule has 0 radical (unpaired) electrons. The number of thiazole rings is 2. The second-order valence-electron chi connectivity index (χ2n) is 9.98. The maximum Gasteiger partial charge on any atom is 0.251 e. The number of carbonyl (C=O) groups excluding carboxylic acids is 1. The summed E-state index contributed by atoms with van der Waals surface area (Å²) in [5.41, 5.74) is 3.76.